The molecule has 1 unspecified atom stereocenters. The Kier molecular flexibility index (Phi) is 4.25. The summed E-state index contributed by atoms with van der Waals surface area (Å²) in [7, 11) is 0. The van der Waals surface area contributed by atoms with Crippen molar-refractivity contribution in [3.8, 4) is 0 Å². The largest absolute Gasteiger partial charge is 0.336 e. The molecule has 1 rings (SSSR count). The molecule has 1 aliphatic rings. The van der Waals surface area contributed by atoms with Gasteiger partial charge in [-0.3, -0.25) is 4.79 Å². The van der Waals surface area contributed by atoms with Crippen LogP contribution in [0.5, 0.6) is 0 Å². The first-order chi connectivity index (χ1) is 6.65. The van der Waals surface area contributed by atoms with Gasteiger partial charge in [-0.15, -0.1) is 0 Å². The summed E-state index contributed by atoms with van der Waals surface area (Å²) in [6.07, 6.45) is -0.852. The Hall–Kier alpha value is -0.710. The van der Waals surface area contributed by atoms with Crippen LogP contribution in [-0.2, 0) is 4.79 Å². The summed E-state index contributed by atoms with van der Waals surface area (Å²) in [5, 5.41) is 3.18. The Bertz CT molecular complexity index is 193. The molecule has 0 radical (unpaired) electrons. The van der Waals surface area contributed by atoms with E-state index in [-0.39, 0.29) is 6.04 Å². The Labute approximate surface area is 82.5 Å². The molecular formula is C9H16F2N2O. The number of nitrogens with one attached hydrogen (secondary N) is 1. The summed E-state index contributed by atoms with van der Waals surface area (Å²) < 4.78 is 24.3. The van der Waals surface area contributed by atoms with E-state index in [1.165, 1.54) is 4.90 Å². The van der Waals surface area contributed by atoms with Crippen molar-refractivity contribution in [2.45, 2.75) is 32.2 Å². The van der Waals surface area contributed by atoms with Crippen LogP contribution in [0.15, 0.2) is 0 Å². The van der Waals surface area contributed by atoms with Crippen molar-refractivity contribution in [2.24, 2.45) is 0 Å². The molecule has 0 aromatic rings. The maximum atomic E-state index is 12.1. The van der Waals surface area contributed by atoms with Crippen molar-refractivity contribution < 1.29 is 13.6 Å². The van der Waals surface area contributed by atoms with Gasteiger partial charge in [-0.25, -0.2) is 0 Å². The standard InChI is InChI=1S/C9H16F2N2O/c1-2-13(9(14)8(10)11)6-7-4-3-5-12-7/h7-8,12H,2-6H2,1H3. The van der Waals surface area contributed by atoms with Crippen LogP contribution >= 0.6 is 0 Å². The van der Waals surface area contributed by atoms with Crippen LogP contribution < -0.4 is 5.32 Å². The Balaban J connectivity index is 2.41. The van der Waals surface area contributed by atoms with Crippen LogP contribution in [0.3, 0.4) is 0 Å². The SMILES string of the molecule is CCN(CC1CCCN1)C(=O)C(F)F. The summed E-state index contributed by atoms with van der Waals surface area (Å²) in [6.45, 7) is 3.39. The topological polar surface area (TPSA) is 32.3 Å². The highest BCUT2D eigenvalue weighted by Gasteiger charge is 2.25. The quantitative estimate of drug-likeness (QED) is 0.739. The molecule has 1 atom stereocenters. The number of nitrogens with zero attached hydrogens (tertiary/aromatic N) is 1. The molecule has 1 saturated heterocycles. The van der Waals surface area contributed by atoms with Gasteiger partial charge in [0, 0.05) is 19.1 Å². The van der Waals surface area contributed by atoms with Gasteiger partial charge in [0.25, 0.3) is 5.91 Å². The lowest BCUT2D eigenvalue weighted by atomic mass is 10.2. The number of likely N-dealkylation sites (N-methyl/N-ethyl adjacent to an activating group) is 1. The molecule has 1 heterocycles. The third-order valence-corrected chi connectivity index (χ3v) is 2.48. The normalized spacial score (nSPS) is 21.6. The van der Waals surface area contributed by atoms with E-state index < -0.39 is 12.3 Å². The smallest absolute Gasteiger partial charge is 0.315 e. The predicted molar refractivity (Wildman–Crippen MR) is 49.3 cm³/mol. The lowest BCUT2D eigenvalue weighted by Crippen LogP contribution is -2.43. The van der Waals surface area contributed by atoms with Crippen LogP contribution in [0.1, 0.15) is 19.8 Å². The van der Waals surface area contributed by atoms with E-state index in [9.17, 15) is 13.6 Å². The van der Waals surface area contributed by atoms with E-state index in [2.05, 4.69) is 5.32 Å². The molecule has 1 fully saturated rings. The highest BCUT2D eigenvalue weighted by Crippen LogP contribution is 2.09. The van der Waals surface area contributed by atoms with Crippen LogP contribution in [0.2, 0.25) is 0 Å². The Morgan fingerprint density at radius 2 is 2.36 bits per heavy atom. The number of amides is 1. The van der Waals surface area contributed by atoms with Crippen LogP contribution in [-0.4, -0.2) is 42.9 Å². The van der Waals surface area contributed by atoms with Crippen molar-refractivity contribution in [1.29, 1.82) is 0 Å². The van der Waals surface area contributed by atoms with Gasteiger partial charge >= 0.3 is 6.43 Å². The second kappa shape index (κ2) is 5.24. The molecule has 3 nitrogen and oxygen atoms in total. The van der Waals surface area contributed by atoms with Crippen molar-refractivity contribution in [2.75, 3.05) is 19.6 Å². The van der Waals surface area contributed by atoms with E-state index in [0.29, 0.717) is 13.1 Å². The molecule has 82 valence electrons. The number of alkyl halides is 2. The van der Waals surface area contributed by atoms with Crippen molar-refractivity contribution in [3.63, 3.8) is 0 Å². The molecule has 0 spiro atoms. The molecular weight excluding hydrogens is 190 g/mol. The Morgan fingerprint density at radius 3 is 2.79 bits per heavy atom. The van der Waals surface area contributed by atoms with Gasteiger partial charge in [-0.2, -0.15) is 8.78 Å². The first-order valence-electron chi connectivity index (χ1n) is 4.95. The zero-order chi connectivity index (χ0) is 10.6. The highest BCUT2D eigenvalue weighted by atomic mass is 19.3. The van der Waals surface area contributed by atoms with Crippen LogP contribution in [0, 0.1) is 0 Å². The molecule has 1 aliphatic heterocycles. The minimum Gasteiger partial charge on any atom is -0.336 e. The molecule has 14 heavy (non-hydrogen) atoms. The van der Waals surface area contributed by atoms with E-state index in [0.717, 1.165) is 19.4 Å². The average molecular weight is 206 g/mol. The molecule has 0 aromatic carbocycles. The number of carbonyl (C=O) groups excluding carboxylic acids is 1. The van der Waals surface area contributed by atoms with Gasteiger partial charge in [0.1, 0.15) is 0 Å². The van der Waals surface area contributed by atoms with Gasteiger partial charge < -0.3 is 10.2 Å². The van der Waals surface area contributed by atoms with Gasteiger partial charge in [0.15, 0.2) is 0 Å². The summed E-state index contributed by atoms with van der Waals surface area (Å²) in [4.78, 5) is 12.2. The fourth-order valence-corrected chi connectivity index (χ4v) is 1.69. The number of halogens is 2. The first kappa shape index (κ1) is 11.4. The highest BCUT2D eigenvalue weighted by molar-refractivity contribution is 5.79. The summed E-state index contributed by atoms with van der Waals surface area (Å²) in [6, 6.07) is 0.192. The van der Waals surface area contributed by atoms with Crippen molar-refractivity contribution in [1.82, 2.24) is 10.2 Å². The summed E-state index contributed by atoms with van der Waals surface area (Å²) in [5.74, 6) is -1.05. The second-order valence-electron chi connectivity index (χ2n) is 3.47. The first-order valence-corrected chi connectivity index (χ1v) is 4.95. The number of rotatable bonds is 4. The molecule has 5 heteroatoms. The minimum atomic E-state index is -2.88. The fourth-order valence-electron chi connectivity index (χ4n) is 1.69. The summed E-state index contributed by atoms with van der Waals surface area (Å²) >= 11 is 0. The van der Waals surface area contributed by atoms with Gasteiger partial charge in [-0.1, -0.05) is 0 Å². The third kappa shape index (κ3) is 2.90. The van der Waals surface area contributed by atoms with E-state index in [4.69, 9.17) is 0 Å². The number of carbonyl (C=O) groups is 1. The zero-order valence-corrected chi connectivity index (χ0v) is 8.30. The van der Waals surface area contributed by atoms with E-state index in [1.54, 1.807) is 6.92 Å². The predicted octanol–water partition coefficient (Wildman–Crippen LogP) is 0.852. The van der Waals surface area contributed by atoms with Crippen molar-refractivity contribution in [3.05, 3.63) is 0 Å². The van der Waals surface area contributed by atoms with Gasteiger partial charge in [0.2, 0.25) is 0 Å². The third-order valence-electron chi connectivity index (χ3n) is 2.48. The van der Waals surface area contributed by atoms with Crippen LogP contribution in [0.25, 0.3) is 0 Å². The van der Waals surface area contributed by atoms with Crippen LogP contribution in [0.4, 0.5) is 8.78 Å². The van der Waals surface area contributed by atoms with Gasteiger partial charge in [-0.05, 0) is 26.3 Å². The maximum Gasteiger partial charge on any atom is 0.315 e. The van der Waals surface area contributed by atoms with Gasteiger partial charge in [0.05, 0.1) is 0 Å². The minimum absolute atomic E-state index is 0.192. The monoisotopic (exact) mass is 206 g/mol. The average Bonchev–Trinajstić information content (AvgIpc) is 2.65. The lowest BCUT2D eigenvalue weighted by Gasteiger charge is -2.23. The molecule has 0 aliphatic carbocycles. The number of hydrogen-bond acceptors (Lipinski definition) is 2. The molecule has 1 N–H and O–H groups in total. The maximum absolute atomic E-state index is 12.1. The van der Waals surface area contributed by atoms with E-state index in [1.807, 2.05) is 0 Å². The molecule has 1 amide bonds. The lowest BCUT2D eigenvalue weighted by molar-refractivity contribution is -0.142. The fraction of sp³-hybridized carbons (Fsp3) is 0.889. The zero-order valence-electron chi connectivity index (χ0n) is 8.30. The van der Waals surface area contributed by atoms with Crippen molar-refractivity contribution >= 4 is 5.91 Å². The van der Waals surface area contributed by atoms with E-state index >= 15 is 0 Å². The Morgan fingerprint density at radius 1 is 1.64 bits per heavy atom. The molecule has 0 bridgehead atoms. The summed E-state index contributed by atoms with van der Waals surface area (Å²) in [5.41, 5.74) is 0. The molecule has 0 saturated carbocycles. The second-order valence-corrected chi connectivity index (χ2v) is 3.47. The number of hydrogen-bond donors (Lipinski definition) is 1. The molecule has 0 aromatic heterocycles.